The number of aliphatic hydroxyl groups excluding tert-OH is 1. The number of amides is 1. The number of Topliss-reactive ketones (excluding diaryl/α,β-unsaturated/α-hetero) is 1. The zero-order valence-corrected chi connectivity index (χ0v) is 19.0. The first-order chi connectivity index (χ1) is 15.9. The van der Waals surface area contributed by atoms with E-state index in [2.05, 4.69) is 4.98 Å². The molecule has 0 saturated carbocycles. The van der Waals surface area contributed by atoms with Gasteiger partial charge in [-0.05, 0) is 37.3 Å². The maximum atomic E-state index is 13.2. The lowest BCUT2D eigenvalue weighted by Gasteiger charge is -2.25. The molecule has 2 heterocycles. The third-order valence-electron chi connectivity index (χ3n) is 5.45. The van der Waals surface area contributed by atoms with Crippen LogP contribution in [0.5, 0.6) is 11.5 Å². The number of rotatable bonds is 5. The van der Waals surface area contributed by atoms with Crippen molar-refractivity contribution < 1.29 is 24.2 Å². The number of hydrogen-bond donors (Lipinski definition) is 1. The van der Waals surface area contributed by atoms with Gasteiger partial charge in [-0.3, -0.25) is 19.5 Å². The summed E-state index contributed by atoms with van der Waals surface area (Å²) in [6.45, 7) is 1.92. The first-order valence-electron chi connectivity index (χ1n) is 10.1. The molecule has 33 heavy (non-hydrogen) atoms. The van der Waals surface area contributed by atoms with Crippen molar-refractivity contribution in [3.05, 3.63) is 88.2 Å². The predicted molar refractivity (Wildman–Crippen MR) is 125 cm³/mol. The molecular formula is C25H21ClN2O5. The smallest absolute Gasteiger partial charge is 0.300 e. The van der Waals surface area contributed by atoms with Crippen LogP contribution in [0.1, 0.15) is 22.9 Å². The molecule has 1 N–H and O–H groups in total. The fourth-order valence-corrected chi connectivity index (χ4v) is 4.04. The lowest BCUT2D eigenvalue weighted by Crippen LogP contribution is -2.29. The fraction of sp³-hybridized carbons (Fsp3) is 0.160. The molecule has 3 aromatic rings. The highest BCUT2D eigenvalue weighted by Crippen LogP contribution is 2.44. The molecule has 4 rings (SSSR count). The molecule has 1 aliphatic rings. The lowest BCUT2D eigenvalue weighted by atomic mass is 9.97. The van der Waals surface area contributed by atoms with Crippen LogP contribution in [-0.2, 0) is 9.59 Å². The van der Waals surface area contributed by atoms with Crippen molar-refractivity contribution in [3.8, 4) is 11.5 Å². The minimum Gasteiger partial charge on any atom is -0.507 e. The lowest BCUT2D eigenvalue weighted by molar-refractivity contribution is -0.132. The summed E-state index contributed by atoms with van der Waals surface area (Å²) in [5.74, 6) is -1.51. The van der Waals surface area contributed by atoms with E-state index in [0.717, 1.165) is 5.56 Å². The highest BCUT2D eigenvalue weighted by Gasteiger charge is 2.47. The third-order valence-corrected chi connectivity index (χ3v) is 5.75. The molecule has 1 atom stereocenters. The molecule has 1 aliphatic heterocycles. The highest BCUT2D eigenvalue weighted by atomic mass is 35.5. The number of nitrogens with zero attached hydrogens (tertiary/aromatic N) is 2. The average Bonchev–Trinajstić information content (AvgIpc) is 3.10. The summed E-state index contributed by atoms with van der Waals surface area (Å²) in [4.78, 5) is 32.1. The van der Waals surface area contributed by atoms with Gasteiger partial charge in [0.25, 0.3) is 11.7 Å². The van der Waals surface area contributed by atoms with Gasteiger partial charge in [0.2, 0.25) is 0 Å². The number of anilines is 1. The van der Waals surface area contributed by atoms with Crippen molar-refractivity contribution >= 4 is 34.7 Å². The van der Waals surface area contributed by atoms with Gasteiger partial charge in [0.05, 0.1) is 36.1 Å². The molecule has 1 amide bonds. The van der Waals surface area contributed by atoms with E-state index in [0.29, 0.717) is 11.4 Å². The van der Waals surface area contributed by atoms with Gasteiger partial charge in [-0.15, -0.1) is 0 Å². The molecule has 168 valence electrons. The minimum absolute atomic E-state index is 0.109. The molecule has 1 fully saturated rings. The SMILES string of the molecule is COc1cc(/C(O)=C2\C(=O)C(=O)N(c3ccc(C)cc3)C2c2ccccn2)c(OC)cc1Cl. The monoisotopic (exact) mass is 464 g/mol. The Morgan fingerprint density at radius 3 is 2.33 bits per heavy atom. The Hall–Kier alpha value is -3.84. The number of halogens is 1. The summed E-state index contributed by atoms with van der Waals surface area (Å²) >= 11 is 6.19. The Labute approximate surface area is 195 Å². The molecule has 1 unspecified atom stereocenters. The van der Waals surface area contributed by atoms with E-state index in [1.54, 1.807) is 36.5 Å². The van der Waals surface area contributed by atoms with E-state index in [4.69, 9.17) is 21.1 Å². The third kappa shape index (κ3) is 3.91. The second-order valence-corrected chi connectivity index (χ2v) is 7.85. The molecule has 8 heteroatoms. The summed E-state index contributed by atoms with van der Waals surface area (Å²) in [6.07, 6.45) is 1.57. The summed E-state index contributed by atoms with van der Waals surface area (Å²) < 4.78 is 10.6. The van der Waals surface area contributed by atoms with Gasteiger partial charge in [-0.1, -0.05) is 35.4 Å². The van der Waals surface area contributed by atoms with Crippen molar-refractivity contribution in [2.75, 3.05) is 19.1 Å². The van der Waals surface area contributed by atoms with E-state index < -0.39 is 23.5 Å². The summed E-state index contributed by atoms with van der Waals surface area (Å²) in [7, 11) is 2.85. The number of methoxy groups -OCH3 is 2. The Morgan fingerprint density at radius 1 is 1.03 bits per heavy atom. The molecule has 7 nitrogen and oxygen atoms in total. The Bertz CT molecular complexity index is 1260. The average molecular weight is 465 g/mol. The Morgan fingerprint density at radius 2 is 1.73 bits per heavy atom. The van der Waals surface area contributed by atoms with Gasteiger partial charge in [0, 0.05) is 18.0 Å². The number of pyridine rings is 1. The zero-order valence-electron chi connectivity index (χ0n) is 18.2. The highest BCUT2D eigenvalue weighted by molar-refractivity contribution is 6.51. The number of aromatic nitrogens is 1. The van der Waals surface area contributed by atoms with Crippen molar-refractivity contribution in [1.29, 1.82) is 0 Å². The van der Waals surface area contributed by atoms with Crippen molar-refractivity contribution in [3.63, 3.8) is 0 Å². The van der Waals surface area contributed by atoms with Crippen molar-refractivity contribution in [2.45, 2.75) is 13.0 Å². The van der Waals surface area contributed by atoms with E-state index in [9.17, 15) is 14.7 Å². The topological polar surface area (TPSA) is 89.0 Å². The first kappa shape index (κ1) is 22.4. The second kappa shape index (κ2) is 8.96. The summed E-state index contributed by atoms with van der Waals surface area (Å²) in [5.41, 5.74) is 2.00. The van der Waals surface area contributed by atoms with E-state index in [1.807, 2.05) is 19.1 Å². The normalized spacial score (nSPS) is 17.3. The maximum Gasteiger partial charge on any atom is 0.300 e. The van der Waals surface area contributed by atoms with Gasteiger partial charge in [0.1, 0.15) is 23.3 Å². The van der Waals surface area contributed by atoms with Gasteiger partial charge in [-0.25, -0.2) is 0 Å². The standard InChI is InChI=1S/C25H21ClN2O5/c1-14-7-9-15(10-8-14)28-22(18-6-4-5-11-27-18)21(24(30)25(28)31)23(29)16-12-20(33-3)17(26)13-19(16)32-2/h4-13,22,29H,1-3H3/b23-21+. The van der Waals surface area contributed by atoms with Crippen LogP contribution in [-0.4, -0.2) is 36.0 Å². The zero-order chi connectivity index (χ0) is 23.7. The predicted octanol–water partition coefficient (Wildman–Crippen LogP) is 4.69. The maximum absolute atomic E-state index is 13.2. The molecular weight excluding hydrogens is 444 g/mol. The molecule has 0 bridgehead atoms. The van der Waals surface area contributed by atoms with E-state index in [1.165, 1.54) is 31.3 Å². The number of hydrogen-bond acceptors (Lipinski definition) is 6. The first-order valence-corrected chi connectivity index (χ1v) is 10.5. The number of carbonyl (C=O) groups excluding carboxylic acids is 2. The Kier molecular flexibility index (Phi) is 6.07. The number of ether oxygens (including phenoxy) is 2. The largest absolute Gasteiger partial charge is 0.507 e. The van der Waals surface area contributed by atoms with Crippen LogP contribution in [0.15, 0.2) is 66.4 Å². The van der Waals surface area contributed by atoms with Gasteiger partial charge >= 0.3 is 0 Å². The van der Waals surface area contributed by atoms with Crippen molar-refractivity contribution in [2.24, 2.45) is 0 Å². The molecule has 2 aromatic carbocycles. The van der Waals surface area contributed by atoms with Gasteiger partial charge < -0.3 is 14.6 Å². The van der Waals surface area contributed by atoms with Crippen LogP contribution in [0, 0.1) is 6.92 Å². The van der Waals surface area contributed by atoms with E-state index in [-0.39, 0.29) is 27.7 Å². The number of aliphatic hydroxyl groups is 1. The summed E-state index contributed by atoms with van der Waals surface area (Å²) in [5, 5.41) is 11.6. The number of ketones is 1. The van der Waals surface area contributed by atoms with Crippen LogP contribution in [0.25, 0.3) is 5.76 Å². The molecule has 0 spiro atoms. The number of benzene rings is 2. The van der Waals surface area contributed by atoms with Gasteiger partial charge in [0.15, 0.2) is 0 Å². The number of carbonyl (C=O) groups is 2. The number of aryl methyl sites for hydroxylation is 1. The Balaban J connectivity index is 1.98. The van der Waals surface area contributed by atoms with Crippen LogP contribution in [0.4, 0.5) is 5.69 Å². The van der Waals surface area contributed by atoms with E-state index >= 15 is 0 Å². The second-order valence-electron chi connectivity index (χ2n) is 7.45. The van der Waals surface area contributed by atoms with Crippen LogP contribution in [0.3, 0.4) is 0 Å². The molecule has 0 radical (unpaired) electrons. The quantitative estimate of drug-likeness (QED) is 0.335. The van der Waals surface area contributed by atoms with Crippen LogP contribution >= 0.6 is 11.6 Å². The van der Waals surface area contributed by atoms with Crippen LogP contribution in [0.2, 0.25) is 5.02 Å². The van der Waals surface area contributed by atoms with Gasteiger partial charge in [-0.2, -0.15) is 0 Å². The molecule has 0 aliphatic carbocycles. The van der Waals surface area contributed by atoms with Crippen LogP contribution < -0.4 is 14.4 Å². The van der Waals surface area contributed by atoms with Crippen molar-refractivity contribution in [1.82, 2.24) is 4.98 Å². The fourth-order valence-electron chi connectivity index (χ4n) is 3.81. The summed E-state index contributed by atoms with van der Waals surface area (Å²) in [6, 6.07) is 14.4. The molecule has 1 aromatic heterocycles. The minimum atomic E-state index is -0.944. The molecule has 1 saturated heterocycles.